The third-order valence-electron chi connectivity index (χ3n) is 4.67. The number of benzene rings is 2. The fraction of sp³-hybridized carbons (Fsp3) is 0.286. The molecular weight excluding hydrogens is 312 g/mol. The van der Waals surface area contributed by atoms with Crippen LogP contribution in [0.5, 0.6) is 0 Å². The van der Waals surface area contributed by atoms with E-state index in [-0.39, 0.29) is 0 Å². The molecule has 0 aliphatic heterocycles. The molecule has 0 aliphatic rings. The van der Waals surface area contributed by atoms with Crippen molar-refractivity contribution in [3.8, 4) is 21.7 Å². The predicted molar refractivity (Wildman–Crippen MR) is 105 cm³/mol. The van der Waals surface area contributed by atoms with Crippen molar-refractivity contribution in [2.24, 2.45) is 0 Å². The maximum absolute atomic E-state index is 4.43. The van der Waals surface area contributed by atoms with Crippen LogP contribution in [0.2, 0.25) is 0 Å². The van der Waals surface area contributed by atoms with Crippen molar-refractivity contribution < 1.29 is 0 Å². The predicted octanol–water partition coefficient (Wildman–Crippen LogP) is 5.72. The Kier molecular flexibility index (Phi) is 4.83. The summed E-state index contributed by atoms with van der Waals surface area (Å²) in [5, 5.41) is 3.11. The van der Waals surface area contributed by atoms with Gasteiger partial charge < -0.3 is 4.90 Å². The molecule has 1 heterocycles. The lowest BCUT2D eigenvalue weighted by Crippen LogP contribution is -2.16. The van der Waals surface area contributed by atoms with Gasteiger partial charge in [-0.25, -0.2) is 4.98 Å². The van der Waals surface area contributed by atoms with E-state index in [2.05, 4.69) is 81.1 Å². The van der Waals surface area contributed by atoms with Crippen LogP contribution in [0.1, 0.15) is 29.7 Å². The van der Waals surface area contributed by atoms with Gasteiger partial charge in [0.1, 0.15) is 5.01 Å². The molecule has 0 radical (unpaired) electrons. The van der Waals surface area contributed by atoms with Crippen molar-refractivity contribution in [3.63, 3.8) is 0 Å². The quantitative estimate of drug-likeness (QED) is 0.606. The van der Waals surface area contributed by atoms with Gasteiger partial charge in [0.2, 0.25) is 0 Å². The highest BCUT2D eigenvalue weighted by Gasteiger charge is 2.12. The Morgan fingerprint density at radius 2 is 1.58 bits per heavy atom. The van der Waals surface area contributed by atoms with Crippen LogP contribution in [0.25, 0.3) is 21.7 Å². The summed E-state index contributed by atoms with van der Waals surface area (Å²) in [6.07, 6.45) is 1.86. The highest BCUT2D eigenvalue weighted by Crippen LogP contribution is 2.33. The van der Waals surface area contributed by atoms with Crippen LogP contribution in [0.15, 0.2) is 48.0 Å². The maximum Gasteiger partial charge on any atom is 0.123 e. The lowest BCUT2D eigenvalue weighted by atomic mass is 9.92. The molecule has 3 aromatic rings. The third kappa shape index (κ3) is 3.28. The molecule has 0 spiro atoms. The molecule has 0 aliphatic carbocycles. The minimum absolute atomic E-state index is 0.425. The Balaban J connectivity index is 1.98. The van der Waals surface area contributed by atoms with Gasteiger partial charge >= 0.3 is 0 Å². The van der Waals surface area contributed by atoms with E-state index in [9.17, 15) is 0 Å². The zero-order valence-corrected chi connectivity index (χ0v) is 15.8. The standard InChI is InChI=1S/C21H24N2S/c1-14-12-19(21-22-10-11-24-21)13-15(2)20(14)18-8-6-17(7-9-18)16(3)23(4)5/h6-13,16H,1-5H3. The summed E-state index contributed by atoms with van der Waals surface area (Å²) < 4.78 is 0. The van der Waals surface area contributed by atoms with Crippen molar-refractivity contribution in [2.75, 3.05) is 14.1 Å². The summed E-state index contributed by atoms with van der Waals surface area (Å²) in [6.45, 7) is 6.61. The van der Waals surface area contributed by atoms with Gasteiger partial charge in [-0.3, -0.25) is 0 Å². The van der Waals surface area contributed by atoms with Crippen LogP contribution in [0, 0.1) is 13.8 Å². The minimum Gasteiger partial charge on any atom is -0.303 e. The van der Waals surface area contributed by atoms with Gasteiger partial charge in [0.15, 0.2) is 0 Å². The lowest BCUT2D eigenvalue weighted by Gasteiger charge is -2.20. The molecule has 1 aromatic heterocycles. The number of rotatable bonds is 4. The molecule has 0 saturated carbocycles. The molecular formula is C21H24N2S. The molecule has 0 bridgehead atoms. The molecule has 0 amide bonds. The number of hydrogen-bond donors (Lipinski definition) is 0. The zero-order chi connectivity index (χ0) is 17.3. The van der Waals surface area contributed by atoms with Gasteiger partial charge in [0.25, 0.3) is 0 Å². The van der Waals surface area contributed by atoms with E-state index in [4.69, 9.17) is 0 Å². The van der Waals surface area contributed by atoms with Crippen LogP contribution in [0.4, 0.5) is 0 Å². The van der Waals surface area contributed by atoms with Crippen LogP contribution < -0.4 is 0 Å². The average Bonchev–Trinajstić information content (AvgIpc) is 3.08. The second-order valence-corrected chi connectivity index (χ2v) is 7.48. The van der Waals surface area contributed by atoms with Gasteiger partial charge in [-0.2, -0.15) is 0 Å². The summed E-state index contributed by atoms with van der Waals surface area (Å²) in [5.41, 5.74) is 7.77. The first-order valence-corrected chi connectivity index (χ1v) is 9.13. The topological polar surface area (TPSA) is 16.1 Å². The fourth-order valence-corrected chi connectivity index (χ4v) is 3.76. The number of thiazole rings is 1. The van der Waals surface area contributed by atoms with Crippen LogP contribution in [-0.4, -0.2) is 24.0 Å². The third-order valence-corrected chi connectivity index (χ3v) is 5.49. The number of nitrogens with zero attached hydrogens (tertiary/aromatic N) is 2. The molecule has 0 saturated heterocycles. The summed E-state index contributed by atoms with van der Waals surface area (Å²) in [4.78, 5) is 6.66. The van der Waals surface area contributed by atoms with E-state index in [1.165, 1.54) is 33.4 Å². The Labute approximate surface area is 148 Å². The van der Waals surface area contributed by atoms with E-state index in [1.807, 2.05) is 11.6 Å². The van der Waals surface area contributed by atoms with E-state index in [0.717, 1.165) is 5.01 Å². The first kappa shape index (κ1) is 16.9. The second-order valence-electron chi connectivity index (χ2n) is 6.58. The summed E-state index contributed by atoms with van der Waals surface area (Å²) >= 11 is 1.69. The smallest absolute Gasteiger partial charge is 0.123 e. The molecule has 1 atom stereocenters. The van der Waals surface area contributed by atoms with E-state index in [1.54, 1.807) is 11.3 Å². The van der Waals surface area contributed by atoms with Crippen LogP contribution in [-0.2, 0) is 0 Å². The van der Waals surface area contributed by atoms with Crippen molar-refractivity contribution in [3.05, 3.63) is 64.7 Å². The largest absolute Gasteiger partial charge is 0.303 e. The Morgan fingerprint density at radius 1 is 0.958 bits per heavy atom. The molecule has 1 unspecified atom stereocenters. The average molecular weight is 337 g/mol. The molecule has 3 heteroatoms. The van der Waals surface area contributed by atoms with Crippen molar-refractivity contribution in [1.29, 1.82) is 0 Å². The van der Waals surface area contributed by atoms with Gasteiger partial charge in [0, 0.05) is 23.2 Å². The summed E-state index contributed by atoms with van der Waals surface area (Å²) in [6, 6.07) is 13.9. The fourth-order valence-electron chi connectivity index (χ4n) is 3.13. The molecule has 3 rings (SSSR count). The normalized spacial score (nSPS) is 12.6. The molecule has 24 heavy (non-hydrogen) atoms. The monoisotopic (exact) mass is 336 g/mol. The Bertz CT molecular complexity index is 795. The first-order valence-electron chi connectivity index (χ1n) is 8.25. The molecule has 124 valence electrons. The van der Waals surface area contributed by atoms with Crippen molar-refractivity contribution in [2.45, 2.75) is 26.8 Å². The Hall–Kier alpha value is -1.97. The highest BCUT2D eigenvalue weighted by atomic mass is 32.1. The SMILES string of the molecule is Cc1cc(-c2nccs2)cc(C)c1-c1ccc(C(C)N(C)C)cc1. The van der Waals surface area contributed by atoms with Crippen molar-refractivity contribution in [1.82, 2.24) is 9.88 Å². The molecule has 2 aromatic carbocycles. The van der Waals surface area contributed by atoms with Gasteiger partial charge in [-0.05, 0) is 74.8 Å². The molecule has 0 fully saturated rings. The highest BCUT2D eigenvalue weighted by molar-refractivity contribution is 7.13. The zero-order valence-electron chi connectivity index (χ0n) is 15.0. The van der Waals surface area contributed by atoms with Crippen molar-refractivity contribution >= 4 is 11.3 Å². The van der Waals surface area contributed by atoms with Crippen LogP contribution >= 0.6 is 11.3 Å². The first-order chi connectivity index (χ1) is 11.5. The lowest BCUT2D eigenvalue weighted by molar-refractivity contribution is 0.321. The summed E-state index contributed by atoms with van der Waals surface area (Å²) in [7, 11) is 4.23. The number of hydrogen-bond acceptors (Lipinski definition) is 3. The summed E-state index contributed by atoms with van der Waals surface area (Å²) in [5.74, 6) is 0. The maximum atomic E-state index is 4.43. The van der Waals surface area contributed by atoms with E-state index >= 15 is 0 Å². The molecule has 2 nitrogen and oxygen atoms in total. The number of aromatic nitrogens is 1. The molecule has 0 N–H and O–H groups in total. The van der Waals surface area contributed by atoms with E-state index < -0.39 is 0 Å². The minimum atomic E-state index is 0.425. The second kappa shape index (κ2) is 6.88. The van der Waals surface area contributed by atoms with Gasteiger partial charge in [-0.1, -0.05) is 24.3 Å². The van der Waals surface area contributed by atoms with E-state index in [0.29, 0.717) is 6.04 Å². The number of aryl methyl sites for hydroxylation is 2. The van der Waals surface area contributed by atoms with Gasteiger partial charge in [0.05, 0.1) is 0 Å². The van der Waals surface area contributed by atoms with Gasteiger partial charge in [-0.15, -0.1) is 11.3 Å². The Morgan fingerprint density at radius 3 is 2.08 bits per heavy atom. The van der Waals surface area contributed by atoms with Crippen LogP contribution in [0.3, 0.4) is 0 Å².